The molecule has 0 aliphatic carbocycles. The van der Waals surface area contributed by atoms with Crippen molar-refractivity contribution in [1.82, 2.24) is 10.2 Å². The van der Waals surface area contributed by atoms with Crippen molar-refractivity contribution in [3.05, 3.63) is 60.4 Å². The second-order valence-electron chi connectivity index (χ2n) is 5.82. The first-order valence-electron chi connectivity index (χ1n) is 8.44. The molecule has 4 nitrogen and oxygen atoms in total. The van der Waals surface area contributed by atoms with E-state index in [-0.39, 0.29) is 11.8 Å². The molecule has 0 aromatic heterocycles. The third-order valence-corrected chi connectivity index (χ3v) is 5.16. The van der Waals surface area contributed by atoms with Crippen molar-refractivity contribution in [1.29, 1.82) is 0 Å². The van der Waals surface area contributed by atoms with Crippen LogP contribution in [0.4, 0.5) is 14.9 Å². The van der Waals surface area contributed by atoms with Crippen molar-refractivity contribution >= 4 is 23.5 Å². The summed E-state index contributed by atoms with van der Waals surface area (Å²) in [6, 6.07) is 16.9. The van der Waals surface area contributed by atoms with Gasteiger partial charge in [0.15, 0.2) is 0 Å². The van der Waals surface area contributed by atoms with Crippen molar-refractivity contribution in [2.45, 2.75) is 4.90 Å². The van der Waals surface area contributed by atoms with Crippen LogP contribution in [0.15, 0.2) is 59.5 Å². The molecule has 1 fully saturated rings. The van der Waals surface area contributed by atoms with Crippen molar-refractivity contribution in [2.24, 2.45) is 0 Å². The van der Waals surface area contributed by atoms with E-state index in [0.29, 0.717) is 38.4 Å². The Morgan fingerprint density at radius 3 is 2.40 bits per heavy atom. The van der Waals surface area contributed by atoms with Gasteiger partial charge in [-0.15, -0.1) is 11.8 Å². The molecule has 2 aromatic rings. The van der Waals surface area contributed by atoms with Crippen molar-refractivity contribution < 1.29 is 9.18 Å². The standard InChI is InChI=1S/C19H22FN3OS/c20-17-8-4-5-9-18(17)22-11-13-23(14-12-22)19(24)21-10-15-25-16-6-2-1-3-7-16/h1-9H,10-15H2,(H,21,24). The number of benzene rings is 2. The van der Waals surface area contributed by atoms with Crippen LogP contribution in [0.5, 0.6) is 0 Å². The number of thioether (sulfide) groups is 1. The highest BCUT2D eigenvalue weighted by atomic mass is 32.2. The van der Waals surface area contributed by atoms with E-state index in [9.17, 15) is 9.18 Å². The number of hydrogen-bond donors (Lipinski definition) is 1. The molecule has 3 rings (SSSR count). The van der Waals surface area contributed by atoms with E-state index < -0.39 is 0 Å². The Hall–Kier alpha value is -2.21. The molecule has 1 aliphatic heterocycles. The van der Waals surface area contributed by atoms with Crippen LogP contribution in [0.3, 0.4) is 0 Å². The predicted octanol–water partition coefficient (Wildman–Crippen LogP) is 3.45. The predicted molar refractivity (Wildman–Crippen MR) is 101 cm³/mol. The molecule has 0 unspecified atom stereocenters. The summed E-state index contributed by atoms with van der Waals surface area (Å²) in [5.74, 6) is 0.628. The van der Waals surface area contributed by atoms with Crippen LogP contribution in [-0.2, 0) is 0 Å². The Labute approximate surface area is 152 Å². The Morgan fingerprint density at radius 2 is 1.68 bits per heavy atom. The topological polar surface area (TPSA) is 35.6 Å². The molecule has 2 aromatic carbocycles. The van der Waals surface area contributed by atoms with Gasteiger partial charge in [-0.1, -0.05) is 30.3 Å². The van der Waals surface area contributed by atoms with Gasteiger partial charge in [0.25, 0.3) is 0 Å². The van der Waals surface area contributed by atoms with Gasteiger partial charge in [-0.3, -0.25) is 0 Å². The SMILES string of the molecule is O=C(NCCSc1ccccc1)N1CCN(c2ccccc2F)CC1. The summed E-state index contributed by atoms with van der Waals surface area (Å²) in [5, 5.41) is 2.96. The summed E-state index contributed by atoms with van der Waals surface area (Å²) in [4.78, 5) is 17.2. The van der Waals surface area contributed by atoms with Gasteiger partial charge in [0.2, 0.25) is 0 Å². The maximum Gasteiger partial charge on any atom is 0.317 e. The first-order valence-corrected chi connectivity index (χ1v) is 9.43. The Bertz CT molecular complexity index is 690. The van der Waals surface area contributed by atoms with E-state index in [1.54, 1.807) is 28.8 Å². The third-order valence-electron chi connectivity index (χ3n) is 4.15. The first-order chi connectivity index (χ1) is 12.2. The highest BCUT2D eigenvalue weighted by Gasteiger charge is 2.22. The summed E-state index contributed by atoms with van der Waals surface area (Å²) in [6.45, 7) is 3.13. The lowest BCUT2D eigenvalue weighted by molar-refractivity contribution is 0.195. The van der Waals surface area contributed by atoms with Crippen LogP contribution in [0.1, 0.15) is 0 Å². The summed E-state index contributed by atoms with van der Waals surface area (Å²) in [7, 11) is 0. The molecule has 2 amide bonds. The summed E-state index contributed by atoms with van der Waals surface area (Å²) in [6.07, 6.45) is 0. The smallest absolute Gasteiger partial charge is 0.317 e. The quantitative estimate of drug-likeness (QED) is 0.656. The maximum absolute atomic E-state index is 13.8. The van der Waals surface area contributed by atoms with E-state index in [4.69, 9.17) is 0 Å². The van der Waals surface area contributed by atoms with Gasteiger partial charge < -0.3 is 15.1 Å². The summed E-state index contributed by atoms with van der Waals surface area (Å²) >= 11 is 1.73. The lowest BCUT2D eigenvalue weighted by Crippen LogP contribution is -2.52. The monoisotopic (exact) mass is 359 g/mol. The minimum absolute atomic E-state index is 0.0400. The largest absolute Gasteiger partial charge is 0.366 e. The highest BCUT2D eigenvalue weighted by molar-refractivity contribution is 7.99. The normalized spacial score (nSPS) is 14.4. The number of carbonyl (C=O) groups excluding carboxylic acids is 1. The van der Waals surface area contributed by atoms with Crippen LogP contribution in [0.25, 0.3) is 0 Å². The van der Waals surface area contributed by atoms with Crippen molar-refractivity contribution in [3.8, 4) is 0 Å². The average molecular weight is 359 g/mol. The third kappa shape index (κ3) is 4.89. The fourth-order valence-corrected chi connectivity index (χ4v) is 3.60. The van der Waals surface area contributed by atoms with Crippen LogP contribution in [0, 0.1) is 5.82 Å². The van der Waals surface area contributed by atoms with Gasteiger partial charge in [0.1, 0.15) is 5.82 Å². The second-order valence-corrected chi connectivity index (χ2v) is 6.99. The summed E-state index contributed by atoms with van der Waals surface area (Å²) in [5.41, 5.74) is 0.613. The molecular formula is C19H22FN3OS. The molecular weight excluding hydrogens is 337 g/mol. The zero-order valence-corrected chi connectivity index (χ0v) is 14.8. The Balaban J connectivity index is 1.39. The number of halogens is 1. The molecule has 132 valence electrons. The fourth-order valence-electron chi connectivity index (χ4n) is 2.81. The van der Waals surface area contributed by atoms with Gasteiger partial charge >= 0.3 is 6.03 Å². The number of amides is 2. The van der Waals surface area contributed by atoms with Crippen LogP contribution in [0.2, 0.25) is 0 Å². The molecule has 0 bridgehead atoms. The molecule has 1 aliphatic rings. The van der Waals surface area contributed by atoms with Gasteiger partial charge in [-0.2, -0.15) is 0 Å². The first kappa shape index (κ1) is 17.6. The van der Waals surface area contributed by atoms with Gasteiger partial charge in [-0.25, -0.2) is 9.18 Å². The summed E-state index contributed by atoms with van der Waals surface area (Å²) < 4.78 is 13.8. The van der Waals surface area contributed by atoms with Gasteiger partial charge in [-0.05, 0) is 24.3 Å². The lowest BCUT2D eigenvalue weighted by Gasteiger charge is -2.36. The molecule has 1 saturated heterocycles. The van der Waals surface area contributed by atoms with Crippen LogP contribution in [-0.4, -0.2) is 49.4 Å². The number of piperazine rings is 1. The number of anilines is 1. The van der Waals surface area contributed by atoms with E-state index in [2.05, 4.69) is 17.4 Å². The highest BCUT2D eigenvalue weighted by Crippen LogP contribution is 2.20. The van der Waals surface area contributed by atoms with E-state index in [1.807, 2.05) is 29.2 Å². The van der Waals surface area contributed by atoms with Crippen LogP contribution < -0.4 is 10.2 Å². The van der Waals surface area contributed by atoms with Crippen molar-refractivity contribution in [2.75, 3.05) is 43.4 Å². The number of hydrogen-bond acceptors (Lipinski definition) is 3. The molecule has 6 heteroatoms. The fraction of sp³-hybridized carbons (Fsp3) is 0.316. The van der Waals surface area contributed by atoms with Gasteiger partial charge in [0, 0.05) is 43.4 Å². The lowest BCUT2D eigenvalue weighted by atomic mass is 10.2. The van der Waals surface area contributed by atoms with Gasteiger partial charge in [0.05, 0.1) is 5.69 Å². The second kappa shape index (κ2) is 8.76. The number of nitrogens with zero attached hydrogens (tertiary/aromatic N) is 2. The van der Waals surface area contributed by atoms with Crippen molar-refractivity contribution in [3.63, 3.8) is 0 Å². The van der Waals surface area contributed by atoms with E-state index >= 15 is 0 Å². The number of carbonyl (C=O) groups is 1. The Morgan fingerprint density at radius 1 is 1.00 bits per heavy atom. The number of para-hydroxylation sites is 1. The van der Waals surface area contributed by atoms with E-state index in [0.717, 1.165) is 5.75 Å². The molecule has 25 heavy (non-hydrogen) atoms. The number of nitrogens with one attached hydrogen (secondary N) is 1. The minimum Gasteiger partial charge on any atom is -0.366 e. The zero-order chi connectivity index (χ0) is 17.5. The maximum atomic E-state index is 13.8. The molecule has 0 atom stereocenters. The molecule has 1 N–H and O–H groups in total. The molecule has 1 heterocycles. The van der Waals surface area contributed by atoms with Crippen LogP contribution >= 0.6 is 11.8 Å². The Kier molecular flexibility index (Phi) is 6.17. The number of urea groups is 1. The zero-order valence-electron chi connectivity index (χ0n) is 14.0. The van der Waals surface area contributed by atoms with E-state index in [1.165, 1.54) is 11.0 Å². The molecule has 0 spiro atoms. The number of rotatable bonds is 5. The average Bonchev–Trinajstić information content (AvgIpc) is 2.66. The molecule has 0 saturated carbocycles. The minimum atomic E-state index is -0.210. The molecule has 0 radical (unpaired) electrons.